The molecule has 0 spiro atoms. The molecule has 7 nitrogen and oxygen atoms in total. The average molecular weight is 391 g/mol. The fourth-order valence-corrected chi connectivity index (χ4v) is 3.81. The molecule has 0 unspecified atom stereocenters. The van der Waals surface area contributed by atoms with Gasteiger partial charge in [-0.3, -0.25) is 9.59 Å². The number of fused-ring (bicyclic) bond motifs is 2. The minimum atomic E-state index is -1.06. The highest BCUT2D eigenvalue weighted by Gasteiger charge is 2.36. The van der Waals surface area contributed by atoms with Crippen LogP contribution in [-0.2, 0) is 17.8 Å². The summed E-state index contributed by atoms with van der Waals surface area (Å²) in [6.07, 6.45) is 0.235. The van der Waals surface area contributed by atoms with Crippen LogP contribution in [0, 0.1) is 0 Å². The molecule has 0 saturated carbocycles. The Kier molecular flexibility index (Phi) is 4.66. The van der Waals surface area contributed by atoms with Crippen LogP contribution < -0.4 is 5.56 Å². The Balaban J connectivity index is 1.87. The predicted octanol–water partition coefficient (Wildman–Crippen LogP) is 2.63. The molecule has 2 heterocycles. The van der Waals surface area contributed by atoms with Crippen LogP contribution in [-0.4, -0.2) is 37.7 Å². The number of carbonyl (C=O) groups excluding carboxylic acids is 1. The van der Waals surface area contributed by atoms with E-state index in [-0.39, 0.29) is 30.3 Å². The number of aliphatic carboxylic acids is 1. The second-order valence-corrected chi connectivity index (χ2v) is 7.50. The molecule has 1 aromatic heterocycles. The van der Waals surface area contributed by atoms with Crippen LogP contribution in [0.1, 0.15) is 41.5 Å². The van der Waals surface area contributed by atoms with Gasteiger partial charge in [0.1, 0.15) is 6.04 Å². The van der Waals surface area contributed by atoms with Crippen molar-refractivity contribution in [3.05, 3.63) is 75.7 Å². The van der Waals surface area contributed by atoms with Gasteiger partial charge in [-0.25, -0.2) is 9.48 Å². The van der Waals surface area contributed by atoms with Gasteiger partial charge < -0.3 is 10.0 Å². The van der Waals surface area contributed by atoms with E-state index in [1.165, 1.54) is 9.58 Å². The Bertz CT molecular complexity index is 1180. The number of carbonyl (C=O) groups is 2. The van der Waals surface area contributed by atoms with E-state index in [9.17, 15) is 19.5 Å². The van der Waals surface area contributed by atoms with Crippen LogP contribution in [0.25, 0.3) is 10.8 Å². The van der Waals surface area contributed by atoms with Gasteiger partial charge in [0.05, 0.1) is 11.4 Å². The molecule has 1 aliphatic heterocycles. The molecule has 3 aromatic rings. The van der Waals surface area contributed by atoms with Gasteiger partial charge in [0.25, 0.3) is 11.5 Å². The molecular weight excluding hydrogens is 370 g/mol. The van der Waals surface area contributed by atoms with Crippen LogP contribution >= 0.6 is 0 Å². The lowest BCUT2D eigenvalue weighted by Gasteiger charge is -2.34. The number of rotatable bonds is 3. The molecule has 1 atom stereocenters. The molecule has 0 radical (unpaired) electrons. The van der Waals surface area contributed by atoms with Crippen molar-refractivity contribution in [3.8, 4) is 0 Å². The summed E-state index contributed by atoms with van der Waals surface area (Å²) < 4.78 is 1.28. The Labute approximate surface area is 167 Å². The zero-order chi connectivity index (χ0) is 20.7. The van der Waals surface area contributed by atoms with E-state index in [0.717, 1.165) is 11.1 Å². The molecule has 0 bridgehead atoms. The SMILES string of the molecule is CC(C)n1nc(C(=O)N2Cc3ccccc3C[C@@H]2C(=O)O)c2ccccc2c1=O. The smallest absolute Gasteiger partial charge is 0.326 e. The predicted molar refractivity (Wildman–Crippen MR) is 108 cm³/mol. The van der Waals surface area contributed by atoms with Crippen molar-refractivity contribution in [2.24, 2.45) is 0 Å². The van der Waals surface area contributed by atoms with Crippen LogP contribution in [0.15, 0.2) is 53.3 Å². The van der Waals surface area contributed by atoms with Crippen molar-refractivity contribution in [2.75, 3.05) is 0 Å². The van der Waals surface area contributed by atoms with Crippen LogP contribution in [0.3, 0.4) is 0 Å². The third kappa shape index (κ3) is 3.18. The zero-order valence-corrected chi connectivity index (χ0v) is 16.2. The van der Waals surface area contributed by atoms with Gasteiger partial charge in [0, 0.05) is 18.4 Å². The average Bonchev–Trinajstić information content (AvgIpc) is 2.72. The van der Waals surface area contributed by atoms with Gasteiger partial charge >= 0.3 is 5.97 Å². The summed E-state index contributed by atoms with van der Waals surface area (Å²) in [5.74, 6) is -1.55. The number of aromatic nitrogens is 2. The summed E-state index contributed by atoms with van der Waals surface area (Å²) in [6.45, 7) is 3.81. The van der Waals surface area contributed by atoms with E-state index in [1.807, 2.05) is 38.1 Å². The summed E-state index contributed by atoms with van der Waals surface area (Å²) in [5, 5.41) is 14.9. The lowest BCUT2D eigenvalue weighted by atomic mass is 9.93. The first-order valence-corrected chi connectivity index (χ1v) is 9.50. The maximum atomic E-state index is 13.5. The van der Waals surface area contributed by atoms with Crippen LogP contribution in [0.4, 0.5) is 0 Å². The number of amides is 1. The molecule has 29 heavy (non-hydrogen) atoms. The monoisotopic (exact) mass is 391 g/mol. The normalized spacial score (nSPS) is 16.1. The fourth-order valence-electron chi connectivity index (χ4n) is 3.81. The highest BCUT2D eigenvalue weighted by molar-refractivity contribution is 6.06. The lowest BCUT2D eigenvalue weighted by Crippen LogP contribution is -2.49. The summed E-state index contributed by atoms with van der Waals surface area (Å²) in [7, 11) is 0. The molecule has 0 fully saturated rings. The van der Waals surface area contributed by atoms with Crippen molar-refractivity contribution in [1.82, 2.24) is 14.7 Å². The minimum absolute atomic E-state index is 0.0968. The molecule has 0 saturated heterocycles. The Morgan fingerprint density at radius 3 is 2.31 bits per heavy atom. The minimum Gasteiger partial charge on any atom is -0.480 e. The molecule has 2 aromatic carbocycles. The van der Waals surface area contributed by atoms with Gasteiger partial charge in [-0.1, -0.05) is 42.5 Å². The third-order valence-electron chi connectivity index (χ3n) is 5.31. The highest BCUT2D eigenvalue weighted by Crippen LogP contribution is 2.26. The number of hydrogen-bond donors (Lipinski definition) is 1. The number of carboxylic acid groups (broad SMARTS) is 1. The van der Waals surface area contributed by atoms with E-state index >= 15 is 0 Å². The third-order valence-corrected chi connectivity index (χ3v) is 5.31. The number of hydrogen-bond acceptors (Lipinski definition) is 4. The van der Waals surface area contributed by atoms with E-state index in [4.69, 9.17) is 0 Å². The number of carboxylic acids is 1. The first-order valence-electron chi connectivity index (χ1n) is 9.50. The maximum Gasteiger partial charge on any atom is 0.326 e. The summed E-state index contributed by atoms with van der Waals surface area (Å²) in [6, 6.07) is 13.1. The maximum absolute atomic E-state index is 13.5. The standard InChI is InChI=1S/C22H21N3O4/c1-13(2)25-20(26)17-10-6-5-9-16(17)19(23-25)21(27)24-12-15-8-4-3-7-14(15)11-18(24)22(28)29/h3-10,13,18H,11-12H2,1-2H3,(H,28,29)/t18-/m1/s1. The Morgan fingerprint density at radius 2 is 1.66 bits per heavy atom. The number of nitrogens with zero attached hydrogens (tertiary/aromatic N) is 3. The van der Waals surface area contributed by atoms with E-state index < -0.39 is 17.9 Å². The summed E-state index contributed by atoms with van der Waals surface area (Å²) in [5.41, 5.74) is 1.67. The Hall–Kier alpha value is -3.48. The molecular formula is C22H21N3O4. The van der Waals surface area contributed by atoms with Gasteiger partial charge in [-0.05, 0) is 31.0 Å². The fraction of sp³-hybridized carbons (Fsp3) is 0.273. The highest BCUT2D eigenvalue weighted by atomic mass is 16.4. The molecule has 1 aliphatic rings. The van der Waals surface area contributed by atoms with Gasteiger partial charge in [0.2, 0.25) is 0 Å². The van der Waals surface area contributed by atoms with Crippen LogP contribution in [0.5, 0.6) is 0 Å². The van der Waals surface area contributed by atoms with E-state index in [0.29, 0.717) is 10.8 Å². The van der Waals surface area contributed by atoms with Crippen molar-refractivity contribution >= 4 is 22.6 Å². The largest absolute Gasteiger partial charge is 0.480 e. The zero-order valence-electron chi connectivity index (χ0n) is 16.2. The molecule has 7 heteroatoms. The Morgan fingerprint density at radius 1 is 1.03 bits per heavy atom. The van der Waals surface area contributed by atoms with Crippen molar-refractivity contribution < 1.29 is 14.7 Å². The topological polar surface area (TPSA) is 92.5 Å². The van der Waals surface area contributed by atoms with Crippen molar-refractivity contribution in [3.63, 3.8) is 0 Å². The molecule has 0 aliphatic carbocycles. The van der Waals surface area contributed by atoms with Crippen molar-refractivity contribution in [1.29, 1.82) is 0 Å². The molecule has 148 valence electrons. The summed E-state index contributed by atoms with van der Waals surface area (Å²) in [4.78, 5) is 39.5. The molecule has 4 rings (SSSR count). The first-order chi connectivity index (χ1) is 13.9. The summed E-state index contributed by atoms with van der Waals surface area (Å²) >= 11 is 0. The van der Waals surface area contributed by atoms with E-state index in [2.05, 4.69) is 5.10 Å². The van der Waals surface area contributed by atoms with E-state index in [1.54, 1.807) is 24.3 Å². The van der Waals surface area contributed by atoms with Gasteiger partial charge in [-0.15, -0.1) is 0 Å². The van der Waals surface area contributed by atoms with Crippen molar-refractivity contribution in [2.45, 2.75) is 38.9 Å². The first kappa shape index (κ1) is 18.9. The second kappa shape index (κ2) is 7.16. The van der Waals surface area contributed by atoms with Gasteiger partial charge in [0.15, 0.2) is 5.69 Å². The molecule has 1 N–H and O–H groups in total. The lowest BCUT2D eigenvalue weighted by molar-refractivity contribution is -0.142. The van der Waals surface area contributed by atoms with Gasteiger partial charge in [-0.2, -0.15) is 5.10 Å². The number of benzene rings is 2. The van der Waals surface area contributed by atoms with Crippen LogP contribution in [0.2, 0.25) is 0 Å². The second-order valence-electron chi connectivity index (χ2n) is 7.50. The molecule has 1 amide bonds. The quantitative estimate of drug-likeness (QED) is 0.741.